The summed E-state index contributed by atoms with van der Waals surface area (Å²) in [5.74, 6) is 0.0304. The zero-order chi connectivity index (χ0) is 23.8. The number of nitrogen functional groups attached to an aromatic ring is 1. The van der Waals surface area contributed by atoms with Gasteiger partial charge in [-0.3, -0.25) is 9.59 Å². The molecule has 174 valence electrons. The lowest BCUT2D eigenvalue weighted by Gasteiger charge is -2.12. The number of hydrogen-bond donors (Lipinski definition) is 2. The largest absolute Gasteiger partial charge is 0.383 e. The van der Waals surface area contributed by atoms with E-state index < -0.39 is 5.91 Å². The molecule has 0 unspecified atom stereocenters. The number of hydrogen-bond acceptors (Lipinski definition) is 5. The van der Waals surface area contributed by atoms with Gasteiger partial charge in [0.2, 0.25) is 0 Å². The van der Waals surface area contributed by atoms with Crippen molar-refractivity contribution in [1.29, 1.82) is 0 Å². The summed E-state index contributed by atoms with van der Waals surface area (Å²) in [6, 6.07) is 11.2. The van der Waals surface area contributed by atoms with Crippen LogP contribution in [-0.2, 0) is 0 Å². The minimum atomic E-state index is -0.428. The molecule has 34 heavy (non-hydrogen) atoms. The monoisotopic (exact) mass is 456 g/mol. The van der Waals surface area contributed by atoms with Crippen molar-refractivity contribution < 1.29 is 4.79 Å². The Kier molecular flexibility index (Phi) is 5.65. The summed E-state index contributed by atoms with van der Waals surface area (Å²) >= 11 is 0. The van der Waals surface area contributed by atoms with Crippen LogP contribution in [0.3, 0.4) is 0 Å². The smallest absolute Gasteiger partial charge is 0.263 e. The fraction of sp³-hybridized carbons (Fsp3) is 0.308. The summed E-state index contributed by atoms with van der Waals surface area (Å²) in [6.07, 6.45) is 10.0. The molecule has 1 aliphatic rings. The number of pyridine rings is 1. The third-order valence-corrected chi connectivity index (χ3v) is 6.59. The quantitative estimate of drug-likeness (QED) is 0.449. The van der Waals surface area contributed by atoms with Crippen LogP contribution in [-0.4, -0.2) is 25.0 Å². The summed E-state index contributed by atoms with van der Waals surface area (Å²) in [5, 5.41) is 3.69. The standard InChI is InChI=1S/C26H28N6O2/c1-16(2)31-13-5-8-20(26(31)34)25(33)30-18-11-9-17(10-12-18)21-14-32(19-6-3-4-7-19)24-22(21)23(27)28-15-29-24/h5,8-16,19H,3-4,6-7H2,1-2H3,(H,30,33)(H2,27,28,29). The van der Waals surface area contributed by atoms with Gasteiger partial charge in [-0.2, -0.15) is 0 Å². The molecule has 3 aromatic heterocycles. The van der Waals surface area contributed by atoms with Gasteiger partial charge in [-0.1, -0.05) is 25.0 Å². The SMILES string of the molecule is CC(C)n1cccc(C(=O)Nc2ccc(-c3cn(C4CCCC4)c4ncnc(N)c34)cc2)c1=O. The van der Waals surface area contributed by atoms with Gasteiger partial charge < -0.3 is 20.2 Å². The molecule has 8 heteroatoms. The molecule has 1 aromatic carbocycles. The van der Waals surface area contributed by atoms with Gasteiger partial charge in [0.25, 0.3) is 11.5 Å². The maximum absolute atomic E-state index is 12.8. The normalized spacial score (nSPS) is 14.2. The predicted molar refractivity (Wildman–Crippen MR) is 134 cm³/mol. The van der Waals surface area contributed by atoms with Crippen LogP contribution in [0.25, 0.3) is 22.2 Å². The van der Waals surface area contributed by atoms with Crippen LogP contribution in [0.1, 0.15) is 62.0 Å². The maximum Gasteiger partial charge on any atom is 0.263 e. The first kappa shape index (κ1) is 21.9. The summed E-state index contributed by atoms with van der Waals surface area (Å²) < 4.78 is 3.78. The minimum absolute atomic E-state index is 0.0256. The fourth-order valence-electron chi connectivity index (χ4n) is 4.81. The van der Waals surface area contributed by atoms with Crippen LogP contribution in [0.5, 0.6) is 0 Å². The lowest BCUT2D eigenvalue weighted by Crippen LogP contribution is -2.29. The molecule has 0 spiro atoms. The van der Waals surface area contributed by atoms with E-state index >= 15 is 0 Å². The number of nitrogens with zero attached hydrogens (tertiary/aromatic N) is 4. The van der Waals surface area contributed by atoms with Crippen molar-refractivity contribution in [3.63, 3.8) is 0 Å². The number of nitrogens with two attached hydrogens (primary N) is 1. The van der Waals surface area contributed by atoms with E-state index in [9.17, 15) is 9.59 Å². The van der Waals surface area contributed by atoms with E-state index in [4.69, 9.17) is 5.73 Å². The topological polar surface area (TPSA) is 108 Å². The average Bonchev–Trinajstić information content (AvgIpc) is 3.48. The van der Waals surface area contributed by atoms with Crippen molar-refractivity contribution in [2.45, 2.75) is 51.6 Å². The number of anilines is 2. The number of benzene rings is 1. The van der Waals surface area contributed by atoms with E-state index in [0.717, 1.165) is 35.0 Å². The molecule has 8 nitrogen and oxygen atoms in total. The highest BCUT2D eigenvalue weighted by molar-refractivity contribution is 6.04. The molecule has 0 aliphatic heterocycles. The average molecular weight is 457 g/mol. The van der Waals surface area contributed by atoms with Crippen molar-refractivity contribution in [1.82, 2.24) is 19.1 Å². The van der Waals surface area contributed by atoms with Crippen molar-refractivity contribution in [2.24, 2.45) is 0 Å². The Hall–Kier alpha value is -3.94. The number of aromatic nitrogens is 4. The zero-order valence-corrected chi connectivity index (χ0v) is 19.4. The summed E-state index contributed by atoms with van der Waals surface area (Å²) in [6.45, 7) is 3.81. The highest BCUT2D eigenvalue weighted by Crippen LogP contribution is 2.38. The van der Waals surface area contributed by atoms with Gasteiger partial charge in [-0.15, -0.1) is 0 Å². The van der Waals surface area contributed by atoms with Crippen LogP contribution < -0.4 is 16.6 Å². The van der Waals surface area contributed by atoms with E-state index in [1.807, 2.05) is 38.1 Å². The number of nitrogens with one attached hydrogen (secondary N) is 1. The zero-order valence-electron chi connectivity index (χ0n) is 19.4. The molecule has 3 N–H and O–H groups in total. The van der Waals surface area contributed by atoms with Gasteiger partial charge in [0.1, 0.15) is 23.4 Å². The molecule has 1 aliphatic carbocycles. The number of fused-ring (bicyclic) bond motifs is 1. The fourth-order valence-corrected chi connectivity index (χ4v) is 4.81. The van der Waals surface area contributed by atoms with E-state index in [1.54, 1.807) is 22.9 Å². The Morgan fingerprint density at radius 3 is 2.56 bits per heavy atom. The second kappa shape index (κ2) is 8.78. The van der Waals surface area contributed by atoms with Gasteiger partial charge in [-0.25, -0.2) is 9.97 Å². The van der Waals surface area contributed by atoms with E-state index in [1.165, 1.54) is 19.2 Å². The Balaban J connectivity index is 1.45. The summed E-state index contributed by atoms with van der Waals surface area (Å²) in [7, 11) is 0. The lowest BCUT2D eigenvalue weighted by molar-refractivity contribution is 0.102. The highest BCUT2D eigenvalue weighted by atomic mass is 16.2. The van der Waals surface area contributed by atoms with Crippen LogP contribution in [0, 0.1) is 0 Å². The van der Waals surface area contributed by atoms with Crippen molar-refractivity contribution in [2.75, 3.05) is 11.1 Å². The third kappa shape index (κ3) is 3.85. The first-order chi connectivity index (χ1) is 16.4. The van der Waals surface area contributed by atoms with E-state index in [-0.39, 0.29) is 17.2 Å². The van der Waals surface area contributed by atoms with Gasteiger partial charge in [0.15, 0.2) is 0 Å². The van der Waals surface area contributed by atoms with Gasteiger partial charge in [0.05, 0.1) is 5.39 Å². The third-order valence-electron chi connectivity index (χ3n) is 6.59. The lowest BCUT2D eigenvalue weighted by atomic mass is 10.1. The minimum Gasteiger partial charge on any atom is -0.383 e. The second-order valence-corrected chi connectivity index (χ2v) is 9.11. The first-order valence-electron chi connectivity index (χ1n) is 11.7. The molecule has 1 amide bonds. The van der Waals surface area contributed by atoms with Crippen molar-refractivity contribution in [3.05, 3.63) is 71.0 Å². The highest BCUT2D eigenvalue weighted by Gasteiger charge is 2.23. The van der Waals surface area contributed by atoms with Crippen molar-refractivity contribution in [3.8, 4) is 11.1 Å². The number of carbonyl (C=O) groups excluding carboxylic acids is 1. The molecule has 3 heterocycles. The molecule has 0 radical (unpaired) electrons. The second-order valence-electron chi connectivity index (χ2n) is 9.11. The molecule has 4 aromatic rings. The molecule has 5 rings (SSSR count). The maximum atomic E-state index is 12.8. The Morgan fingerprint density at radius 2 is 1.85 bits per heavy atom. The number of amides is 1. The number of carbonyl (C=O) groups is 1. The summed E-state index contributed by atoms with van der Waals surface area (Å²) in [5.41, 5.74) is 9.47. The molecule has 0 atom stereocenters. The first-order valence-corrected chi connectivity index (χ1v) is 11.7. The van der Waals surface area contributed by atoms with Gasteiger partial charge >= 0.3 is 0 Å². The summed E-state index contributed by atoms with van der Waals surface area (Å²) in [4.78, 5) is 34.1. The predicted octanol–water partition coefficient (Wildman–Crippen LogP) is 4.79. The van der Waals surface area contributed by atoms with E-state index in [0.29, 0.717) is 17.5 Å². The molecule has 1 fully saturated rings. The van der Waals surface area contributed by atoms with Crippen molar-refractivity contribution >= 4 is 28.4 Å². The van der Waals surface area contributed by atoms with E-state index in [2.05, 4.69) is 26.0 Å². The van der Waals surface area contributed by atoms with Crippen LogP contribution >= 0.6 is 0 Å². The number of rotatable bonds is 5. The Morgan fingerprint density at radius 1 is 1.12 bits per heavy atom. The molecular formula is C26H28N6O2. The Labute approximate surface area is 197 Å². The molecule has 0 bridgehead atoms. The molecule has 1 saturated carbocycles. The molecule has 0 saturated heterocycles. The Bertz CT molecular complexity index is 1410. The van der Waals surface area contributed by atoms with Crippen LogP contribution in [0.2, 0.25) is 0 Å². The molecular weight excluding hydrogens is 428 g/mol. The van der Waals surface area contributed by atoms with Gasteiger partial charge in [0, 0.05) is 35.7 Å². The van der Waals surface area contributed by atoms with Crippen LogP contribution in [0.4, 0.5) is 11.5 Å². The van der Waals surface area contributed by atoms with Crippen LogP contribution in [0.15, 0.2) is 59.9 Å². The van der Waals surface area contributed by atoms with Gasteiger partial charge in [-0.05, 0) is 56.5 Å².